The van der Waals surface area contributed by atoms with E-state index in [0.717, 1.165) is 51.9 Å². The third kappa shape index (κ3) is 6.81. The normalized spacial score (nSPS) is 39.9. The number of fused-ring (bicyclic) bond motifs is 3. The summed E-state index contributed by atoms with van der Waals surface area (Å²) >= 11 is 0. The standard InChI is InChI=1S/C28H47F2N7O2/c1-2-3-4-5-18-12-23-25(27(31)34-22(18)7-6-19(29)13-33-23)28(38)35-24-15-32-14-21(30)26(24)37-9-8-36-10-11-39-17-20(36)16-37/h12,14,18-22,24-27,33-34H,2-11,13,15-17,31H2,1H3,(H,35,38)/t18?,19?,20-,21?,22?,24?,25?,26?,27?/m1/s1. The Hall–Kier alpha value is -1.66. The van der Waals surface area contributed by atoms with Crippen LogP contribution in [0.3, 0.4) is 0 Å². The molecule has 5 heterocycles. The summed E-state index contributed by atoms with van der Waals surface area (Å²) in [6, 6.07) is -0.745. The predicted octanol–water partition coefficient (Wildman–Crippen LogP) is 0.953. The maximum Gasteiger partial charge on any atom is 0.232 e. The molecule has 39 heavy (non-hydrogen) atoms. The Labute approximate surface area is 231 Å². The Morgan fingerprint density at radius 3 is 2.92 bits per heavy atom. The van der Waals surface area contributed by atoms with Gasteiger partial charge in [-0.3, -0.25) is 24.9 Å². The highest BCUT2D eigenvalue weighted by Gasteiger charge is 2.44. The Morgan fingerprint density at radius 1 is 1.23 bits per heavy atom. The fourth-order valence-corrected chi connectivity index (χ4v) is 7.08. The second-order valence-electron chi connectivity index (χ2n) is 11.9. The highest BCUT2D eigenvalue weighted by molar-refractivity contribution is 5.83. The topological polar surface area (TPSA) is 107 Å². The largest absolute Gasteiger partial charge is 0.385 e. The van der Waals surface area contributed by atoms with Crippen molar-refractivity contribution in [2.45, 2.75) is 88.1 Å². The van der Waals surface area contributed by atoms with Gasteiger partial charge in [0.1, 0.15) is 12.1 Å². The summed E-state index contributed by atoms with van der Waals surface area (Å²) in [7, 11) is 0. The highest BCUT2D eigenvalue weighted by atomic mass is 19.1. The number of ether oxygens (including phenoxy) is 1. The predicted molar refractivity (Wildman–Crippen MR) is 148 cm³/mol. The molecule has 1 amide bonds. The van der Waals surface area contributed by atoms with Crippen LogP contribution in [-0.2, 0) is 9.53 Å². The molecule has 0 aromatic rings. The molecule has 0 spiro atoms. The van der Waals surface area contributed by atoms with Crippen LogP contribution in [0.1, 0.15) is 45.4 Å². The molecule has 5 aliphatic heterocycles. The number of carbonyl (C=O) groups excluding carboxylic acids is 1. The molecule has 0 aliphatic carbocycles. The zero-order chi connectivity index (χ0) is 27.4. The summed E-state index contributed by atoms with van der Waals surface area (Å²) in [5, 5.41) is 9.87. The van der Waals surface area contributed by atoms with Crippen molar-refractivity contribution >= 4 is 12.1 Å². The number of morpholine rings is 1. The molecule has 11 heteroatoms. The van der Waals surface area contributed by atoms with Gasteiger partial charge in [-0.1, -0.05) is 32.3 Å². The lowest BCUT2D eigenvalue weighted by atomic mass is 9.89. The molecule has 0 radical (unpaired) electrons. The van der Waals surface area contributed by atoms with E-state index >= 15 is 4.39 Å². The number of amides is 1. The molecule has 8 unspecified atom stereocenters. The zero-order valence-corrected chi connectivity index (χ0v) is 23.2. The van der Waals surface area contributed by atoms with Gasteiger partial charge < -0.3 is 21.1 Å². The first-order chi connectivity index (χ1) is 18.9. The average molecular weight is 552 g/mol. The fourth-order valence-electron chi connectivity index (χ4n) is 7.08. The van der Waals surface area contributed by atoms with E-state index < -0.39 is 36.5 Å². The first-order valence-electron chi connectivity index (χ1n) is 15.1. The van der Waals surface area contributed by atoms with Gasteiger partial charge in [-0.15, -0.1) is 0 Å². The minimum atomic E-state index is -1.28. The van der Waals surface area contributed by atoms with Crippen molar-refractivity contribution in [1.82, 2.24) is 25.8 Å². The molecule has 9 nitrogen and oxygen atoms in total. The molecule has 0 aromatic heterocycles. The maximum atomic E-state index is 15.4. The van der Waals surface area contributed by atoms with Crippen molar-refractivity contribution in [2.24, 2.45) is 22.6 Å². The van der Waals surface area contributed by atoms with E-state index in [2.05, 4.69) is 43.7 Å². The summed E-state index contributed by atoms with van der Waals surface area (Å²) in [6.45, 7) is 7.22. The number of hydrogen-bond acceptors (Lipinski definition) is 8. The van der Waals surface area contributed by atoms with Crippen LogP contribution in [0.25, 0.3) is 0 Å². The molecule has 220 valence electrons. The molecular formula is C28H47F2N7O2. The Kier molecular flexibility index (Phi) is 9.87. The summed E-state index contributed by atoms with van der Waals surface area (Å²) in [5.41, 5.74) is 7.33. The van der Waals surface area contributed by atoms with E-state index in [-0.39, 0.29) is 30.5 Å². The molecular weight excluding hydrogens is 504 g/mol. The number of nitrogens with zero attached hydrogens (tertiary/aromatic N) is 3. The van der Waals surface area contributed by atoms with Crippen LogP contribution in [0.2, 0.25) is 0 Å². The molecule has 5 aliphatic rings. The van der Waals surface area contributed by atoms with Crippen molar-refractivity contribution in [1.29, 1.82) is 0 Å². The van der Waals surface area contributed by atoms with Gasteiger partial charge in [0, 0.05) is 56.7 Å². The fraction of sp³-hybridized carbons (Fsp3) is 0.857. The van der Waals surface area contributed by atoms with Crippen molar-refractivity contribution < 1.29 is 18.3 Å². The minimum absolute atomic E-state index is 0.0130. The smallest absolute Gasteiger partial charge is 0.232 e. The molecule has 2 saturated heterocycles. The Morgan fingerprint density at radius 2 is 2.08 bits per heavy atom. The van der Waals surface area contributed by atoms with E-state index in [4.69, 9.17) is 10.5 Å². The van der Waals surface area contributed by atoms with Crippen LogP contribution in [0.5, 0.6) is 0 Å². The SMILES string of the molecule is CCCCCC1C=C2NCC(F)CCC1NC(N)C2C(=O)NC1CN=CC(F)C1N1CCN2CCOC[C@H]2C1. The maximum absolute atomic E-state index is 15.4. The van der Waals surface area contributed by atoms with Crippen molar-refractivity contribution in [3.05, 3.63) is 11.8 Å². The number of halogens is 2. The van der Waals surface area contributed by atoms with Crippen molar-refractivity contribution in [3.63, 3.8) is 0 Å². The molecule has 2 bridgehead atoms. The minimum Gasteiger partial charge on any atom is -0.385 e. The van der Waals surface area contributed by atoms with Crippen LogP contribution in [0.4, 0.5) is 8.78 Å². The van der Waals surface area contributed by atoms with Gasteiger partial charge in [0.2, 0.25) is 5.91 Å². The Balaban J connectivity index is 1.33. The molecule has 5 rings (SSSR count). The highest BCUT2D eigenvalue weighted by Crippen LogP contribution is 2.30. The summed E-state index contributed by atoms with van der Waals surface area (Å²) in [6.07, 6.45) is 6.04. The molecule has 0 aromatic carbocycles. The third-order valence-electron chi connectivity index (χ3n) is 9.26. The second kappa shape index (κ2) is 13.3. The third-order valence-corrected chi connectivity index (χ3v) is 9.26. The molecule has 9 atom stereocenters. The van der Waals surface area contributed by atoms with Crippen LogP contribution in [0.15, 0.2) is 16.8 Å². The summed E-state index contributed by atoms with van der Waals surface area (Å²) in [5.74, 6) is -0.816. The van der Waals surface area contributed by atoms with Gasteiger partial charge in [0.15, 0.2) is 6.17 Å². The number of nitrogens with two attached hydrogens (primary N) is 1. The van der Waals surface area contributed by atoms with Crippen LogP contribution < -0.4 is 21.7 Å². The van der Waals surface area contributed by atoms with Gasteiger partial charge in [-0.05, 0) is 25.2 Å². The monoisotopic (exact) mass is 551 g/mol. The number of rotatable bonds is 7. The van der Waals surface area contributed by atoms with E-state index in [9.17, 15) is 9.18 Å². The molecule has 0 saturated carbocycles. The van der Waals surface area contributed by atoms with Gasteiger partial charge in [-0.25, -0.2) is 8.78 Å². The van der Waals surface area contributed by atoms with Crippen molar-refractivity contribution in [3.8, 4) is 0 Å². The summed E-state index contributed by atoms with van der Waals surface area (Å²) < 4.78 is 35.7. The van der Waals surface area contributed by atoms with Crippen LogP contribution in [0, 0.1) is 11.8 Å². The first kappa shape index (κ1) is 28.9. The number of piperazine rings is 1. The van der Waals surface area contributed by atoms with Gasteiger partial charge >= 0.3 is 0 Å². The van der Waals surface area contributed by atoms with E-state index in [1.165, 1.54) is 6.21 Å². The van der Waals surface area contributed by atoms with Crippen LogP contribution in [-0.4, -0.2) is 117 Å². The van der Waals surface area contributed by atoms with Gasteiger partial charge in [0.05, 0.1) is 38.0 Å². The first-order valence-corrected chi connectivity index (χ1v) is 15.1. The average Bonchev–Trinajstić information content (AvgIpc) is 3.01. The number of alkyl halides is 2. The number of nitrogens with one attached hydrogen (secondary N) is 3. The number of hydrogen-bond donors (Lipinski definition) is 4. The van der Waals surface area contributed by atoms with E-state index in [1.807, 2.05) is 0 Å². The zero-order valence-electron chi connectivity index (χ0n) is 23.2. The van der Waals surface area contributed by atoms with Gasteiger partial charge in [0.25, 0.3) is 0 Å². The lowest BCUT2D eigenvalue weighted by molar-refractivity contribution is -0.126. The lowest BCUT2D eigenvalue weighted by Gasteiger charge is -2.48. The lowest BCUT2D eigenvalue weighted by Crippen LogP contribution is -2.67. The number of unbranched alkanes of at least 4 members (excludes halogenated alkanes) is 2. The van der Waals surface area contributed by atoms with E-state index in [0.29, 0.717) is 38.2 Å². The van der Waals surface area contributed by atoms with E-state index in [1.54, 1.807) is 0 Å². The van der Waals surface area contributed by atoms with Crippen LogP contribution >= 0.6 is 0 Å². The quantitative estimate of drug-likeness (QED) is 0.349. The molecule has 2 fully saturated rings. The second-order valence-corrected chi connectivity index (χ2v) is 11.9. The molecule has 5 N–H and O–H groups in total. The van der Waals surface area contributed by atoms with Crippen molar-refractivity contribution in [2.75, 3.05) is 52.5 Å². The Bertz CT molecular complexity index is 892. The number of aliphatic imine (C=N–C) groups is 1. The van der Waals surface area contributed by atoms with Gasteiger partial charge in [-0.2, -0.15) is 0 Å². The summed E-state index contributed by atoms with van der Waals surface area (Å²) in [4.78, 5) is 22.7. The number of carbonyl (C=O) groups is 1.